The second-order valence-electron chi connectivity index (χ2n) is 4.05. The van der Waals surface area contributed by atoms with Gasteiger partial charge in [0.05, 0.1) is 0 Å². The summed E-state index contributed by atoms with van der Waals surface area (Å²) in [5.74, 6) is 6.45. The van der Waals surface area contributed by atoms with Crippen molar-refractivity contribution in [3.8, 4) is 11.8 Å². The molecule has 0 aliphatic carbocycles. The normalized spacial score (nSPS) is 13.6. The minimum atomic E-state index is -0.490. The first-order valence-electron chi connectivity index (χ1n) is 5.89. The van der Waals surface area contributed by atoms with E-state index in [1.165, 1.54) is 6.42 Å². The Hall–Kier alpha value is -0.780. The zero-order valence-corrected chi connectivity index (χ0v) is 12.1. The Labute approximate surface area is 113 Å². The zero-order chi connectivity index (χ0) is 12.6. The van der Waals surface area contributed by atoms with Gasteiger partial charge in [-0.05, 0) is 25.3 Å². The molecule has 17 heavy (non-hydrogen) atoms. The fourth-order valence-electron chi connectivity index (χ4n) is 1.54. The van der Waals surface area contributed by atoms with Gasteiger partial charge in [0.1, 0.15) is 0 Å². The molecule has 1 atom stereocenters. The third-order valence-corrected chi connectivity index (χ3v) is 3.31. The van der Waals surface area contributed by atoms with Gasteiger partial charge in [0.25, 0.3) is 0 Å². The van der Waals surface area contributed by atoms with Gasteiger partial charge >= 0.3 is 0 Å². The van der Waals surface area contributed by atoms with E-state index in [4.69, 9.17) is 4.74 Å². The molecule has 1 unspecified atom stereocenters. The summed E-state index contributed by atoms with van der Waals surface area (Å²) in [5.41, 5.74) is 0.617. The number of benzene rings is 1. The van der Waals surface area contributed by atoms with Crippen molar-refractivity contribution in [3.63, 3.8) is 0 Å². The van der Waals surface area contributed by atoms with Crippen molar-refractivity contribution in [2.75, 3.05) is 12.4 Å². The maximum absolute atomic E-state index is 5.55. The van der Waals surface area contributed by atoms with Crippen LogP contribution in [-0.2, 0) is 10.3 Å². The molecular formula is C15H19BrO. The van der Waals surface area contributed by atoms with E-state index < -0.39 is 5.60 Å². The number of hydrogen-bond donors (Lipinski definition) is 0. The van der Waals surface area contributed by atoms with E-state index >= 15 is 0 Å². The SMILES string of the molecule is COC(C)(C#CCCCCBr)c1ccccc1. The summed E-state index contributed by atoms with van der Waals surface area (Å²) in [5, 5.41) is 1.05. The second kappa shape index (κ2) is 7.53. The van der Waals surface area contributed by atoms with E-state index in [0.717, 1.165) is 23.7 Å². The topological polar surface area (TPSA) is 9.23 Å². The minimum Gasteiger partial charge on any atom is -0.362 e. The van der Waals surface area contributed by atoms with Gasteiger partial charge in [0, 0.05) is 18.9 Å². The predicted molar refractivity (Wildman–Crippen MR) is 76.2 cm³/mol. The summed E-state index contributed by atoms with van der Waals surface area (Å²) in [7, 11) is 1.71. The molecule has 0 aliphatic rings. The molecule has 0 fully saturated rings. The maximum Gasteiger partial charge on any atom is 0.150 e. The van der Waals surface area contributed by atoms with Crippen LogP contribution >= 0.6 is 15.9 Å². The van der Waals surface area contributed by atoms with Gasteiger partial charge in [-0.25, -0.2) is 0 Å². The first-order valence-corrected chi connectivity index (χ1v) is 7.02. The van der Waals surface area contributed by atoms with Crippen LogP contribution in [0, 0.1) is 11.8 Å². The molecule has 1 aromatic rings. The molecule has 0 amide bonds. The molecule has 0 bridgehead atoms. The third-order valence-electron chi connectivity index (χ3n) is 2.75. The smallest absolute Gasteiger partial charge is 0.150 e. The maximum atomic E-state index is 5.55. The summed E-state index contributed by atoms with van der Waals surface area (Å²) < 4.78 is 5.55. The van der Waals surface area contributed by atoms with Crippen LogP contribution in [0.2, 0.25) is 0 Å². The number of hydrogen-bond acceptors (Lipinski definition) is 1. The number of unbranched alkanes of at least 4 members (excludes halogenated alkanes) is 2. The van der Waals surface area contributed by atoms with Crippen molar-refractivity contribution in [2.45, 2.75) is 31.8 Å². The number of ether oxygens (including phenoxy) is 1. The highest BCUT2D eigenvalue weighted by Crippen LogP contribution is 2.23. The lowest BCUT2D eigenvalue weighted by Gasteiger charge is -2.22. The van der Waals surface area contributed by atoms with Crippen LogP contribution in [0.5, 0.6) is 0 Å². The molecule has 0 saturated heterocycles. The van der Waals surface area contributed by atoms with E-state index in [0.29, 0.717) is 0 Å². The Bertz CT molecular complexity index is 377. The van der Waals surface area contributed by atoms with Crippen molar-refractivity contribution in [2.24, 2.45) is 0 Å². The molecule has 0 N–H and O–H groups in total. The van der Waals surface area contributed by atoms with Crippen LogP contribution in [0.1, 0.15) is 31.7 Å². The average Bonchev–Trinajstić information content (AvgIpc) is 2.39. The van der Waals surface area contributed by atoms with E-state index in [1.807, 2.05) is 25.1 Å². The predicted octanol–water partition coefficient (Wildman–Crippen LogP) is 4.12. The summed E-state index contributed by atoms with van der Waals surface area (Å²) in [6, 6.07) is 10.1. The van der Waals surface area contributed by atoms with Crippen LogP contribution in [0.3, 0.4) is 0 Å². The largest absolute Gasteiger partial charge is 0.362 e. The van der Waals surface area contributed by atoms with Crippen LogP contribution in [0.15, 0.2) is 30.3 Å². The number of alkyl halides is 1. The summed E-state index contributed by atoms with van der Waals surface area (Å²) in [6.45, 7) is 2.01. The Morgan fingerprint density at radius 3 is 2.53 bits per heavy atom. The fourth-order valence-corrected chi connectivity index (χ4v) is 1.93. The highest BCUT2D eigenvalue weighted by molar-refractivity contribution is 9.09. The van der Waals surface area contributed by atoms with Crippen LogP contribution < -0.4 is 0 Å². The minimum absolute atomic E-state index is 0.490. The van der Waals surface area contributed by atoms with Crippen molar-refractivity contribution in [1.29, 1.82) is 0 Å². The van der Waals surface area contributed by atoms with Crippen molar-refractivity contribution >= 4 is 15.9 Å². The van der Waals surface area contributed by atoms with E-state index in [1.54, 1.807) is 7.11 Å². The van der Waals surface area contributed by atoms with Gasteiger partial charge in [-0.2, -0.15) is 0 Å². The number of halogens is 1. The highest BCUT2D eigenvalue weighted by atomic mass is 79.9. The van der Waals surface area contributed by atoms with Gasteiger partial charge in [0.15, 0.2) is 5.60 Å². The van der Waals surface area contributed by atoms with E-state index in [2.05, 4.69) is 39.9 Å². The molecule has 0 aromatic heterocycles. The number of rotatable bonds is 5. The van der Waals surface area contributed by atoms with E-state index in [9.17, 15) is 0 Å². The van der Waals surface area contributed by atoms with Crippen LogP contribution in [-0.4, -0.2) is 12.4 Å². The lowest BCUT2D eigenvalue weighted by Crippen LogP contribution is -2.21. The fraction of sp³-hybridized carbons (Fsp3) is 0.467. The van der Waals surface area contributed by atoms with Gasteiger partial charge in [-0.3, -0.25) is 0 Å². The van der Waals surface area contributed by atoms with Crippen molar-refractivity contribution in [1.82, 2.24) is 0 Å². The first-order chi connectivity index (χ1) is 8.23. The van der Waals surface area contributed by atoms with Crippen molar-refractivity contribution < 1.29 is 4.74 Å². The first kappa shape index (κ1) is 14.3. The summed E-state index contributed by atoms with van der Waals surface area (Å²) >= 11 is 3.42. The molecule has 0 saturated carbocycles. The summed E-state index contributed by atoms with van der Waals surface area (Å²) in [4.78, 5) is 0. The molecule has 0 heterocycles. The summed E-state index contributed by atoms with van der Waals surface area (Å²) in [6.07, 6.45) is 3.23. The van der Waals surface area contributed by atoms with Crippen LogP contribution in [0.25, 0.3) is 0 Å². The molecule has 0 radical (unpaired) electrons. The van der Waals surface area contributed by atoms with Crippen LogP contribution in [0.4, 0.5) is 0 Å². The highest BCUT2D eigenvalue weighted by Gasteiger charge is 2.22. The molecule has 0 spiro atoms. The second-order valence-corrected chi connectivity index (χ2v) is 4.84. The zero-order valence-electron chi connectivity index (χ0n) is 10.5. The van der Waals surface area contributed by atoms with Crippen molar-refractivity contribution in [3.05, 3.63) is 35.9 Å². The third kappa shape index (κ3) is 4.53. The number of methoxy groups -OCH3 is 1. The van der Waals surface area contributed by atoms with Gasteiger partial charge in [-0.1, -0.05) is 58.1 Å². The standard InChI is InChI=1S/C15H19BrO/c1-15(17-2,12-8-3-4-9-13-16)14-10-6-5-7-11-14/h5-7,10-11H,3-4,9,13H2,1-2H3. The molecular weight excluding hydrogens is 276 g/mol. The molecule has 0 aliphatic heterocycles. The lowest BCUT2D eigenvalue weighted by atomic mass is 9.96. The molecule has 92 valence electrons. The quantitative estimate of drug-likeness (QED) is 0.451. The lowest BCUT2D eigenvalue weighted by molar-refractivity contribution is 0.0551. The molecule has 1 rings (SSSR count). The Balaban J connectivity index is 2.69. The van der Waals surface area contributed by atoms with Gasteiger partial charge in [-0.15, -0.1) is 0 Å². The monoisotopic (exact) mass is 294 g/mol. The Morgan fingerprint density at radius 1 is 1.24 bits per heavy atom. The van der Waals surface area contributed by atoms with E-state index in [-0.39, 0.29) is 0 Å². The average molecular weight is 295 g/mol. The molecule has 1 nitrogen and oxygen atoms in total. The molecule has 2 heteroatoms. The Kier molecular flexibility index (Phi) is 6.32. The van der Waals surface area contributed by atoms with Gasteiger partial charge < -0.3 is 4.74 Å². The molecule has 1 aromatic carbocycles. The Morgan fingerprint density at radius 2 is 1.94 bits per heavy atom. The van der Waals surface area contributed by atoms with Gasteiger partial charge in [0.2, 0.25) is 0 Å².